The van der Waals surface area contributed by atoms with E-state index in [2.05, 4.69) is 20.1 Å². The molecule has 0 atom stereocenters. The molecule has 1 amide bonds. The lowest BCUT2D eigenvalue weighted by atomic mass is 9.97. The molecule has 0 bridgehead atoms. The van der Waals surface area contributed by atoms with Gasteiger partial charge in [0.15, 0.2) is 5.82 Å². The normalized spacial score (nSPS) is 20.8. The van der Waals surface area contributed by atoms with E-state index in [0.29, 0.717) is 12.5 Å². The van der Waals surface area contributed by atoms with Crippen molar-refractivity contribution in [3.8, 4) is 0 Å². The molecule has 0 radical (unpaired) electrons. The fourth-order valence-corrected chi connectivity index (χ4v) is 2.83. The van der Waals surface area contributed by atoms with Gasteiger partial charge >= 0.3 is 0 Å². The van der Waals surface area contributed by atoms with Crippen molar-refractivity contribution < 1.29 is 4.79 Å². The van der Waals surface area contributed by atoms with Gasteiger partial charge in [0.05, 0.1) is 6.54 Å². The van der Waals surface area contributed by atoms with Gasteiger partial charge in [-0.1, -0.05) is 0 Å². The molecule has 1 fully saturated rings. The number of nitrogens with one attached hydrogen (secondary N) is 1. The monoisotopic (exact) mass is 249 g/mol. The second kappa shape index (κ2) is 4.68. The van der Waals surface area contributed by atoms with Gasteiger partial charge in [-0.05, 0) is 25.9 Å². The van der Waals surface area contributed by atoms with Crippen molar-refractivity contribution in [2.24, 2.45) is 0 Å². The van der Waals surface area contributed by atoms with Crippen LogP contribution in [0, 0.1) is 0 Å². The summed E-state index contributed by atoms with van der Waals surface area (Å²) in [5.74, 6) is 2.70. The van der Waals surface area contributed by atoms with Crippen LogP contribution in [0.3, 0.4) is 0 Å². The zero-order chi connectivity index (χ0) is 12.5. The number of carbonyl (C=O) groups excluding carboxylic acids is 1. The molecule has 3 heterocycles. The third kappa shape index (κ3) is 2.01. The molecule has 0 aromatic carbocycles. The number of aromatic nitrogens is 3. The lowest BCUT2D eigenvalue weighted by Crippen LogP contribution is -2.38. The highest BCUT2D eigenvalue weighted by atomic mass is 16.2. The van der Waals surface area contributed by atoms with Gasteiger partial charge in [0.25, 0.3) is 0 Å². The molecular weight excluding hydrogens is 230 g/mol. The second-order valence-corrected chi connectivity index (χ2v) is 5.09. The highest BCUT2D eigenvalue weighted by molar-refractivity contribution is 5.73. The SMILES string of the molecule is CC(=O)N1CCn2c(nnc2C2CCNCC2)C1. The van der Waals surface area contributed by atoms with Crippen molar-refractivity contribution in [3.05, 3.63) is 11.6 Å². The number of amides is 1. The highest BCUT2D eigenvalue weighted by Crippen LogP contribution is 2.25. The third-order valence-corrected chi connectivity index (χ3v) is 3.93. The molecule has 1 aromatic rings. The Labute approximate surface area is 106 Å². The molecule has 0 unspecified atom stereocenters. The molecule has 2 aliphatic rings. The lowest BCUT2D eigenvalue weighted by Gasteiger charge is -2.29. The predicted molar refractivity (Wildman–Crippen MR) is 66.0 cm³/mol. The van der Waals surface area contributed by atoms with Crippen molar-refractivity contribution in [1.29, 1.82) is 0 Å². The van der Waals surface area contributed by atoms with Gasteiger partial charge in [0, 0.05) is 25.9 Å². The van der Waals surface area contributed by atoms with Crippen LogP contribution < -0.4 is 5.32 Å². The van der Waals surface area contributed by atoms with E-state index in [9.17, 15) is 4.79 Å². The number of hydrogen-bond acceptors (Lipinski definition) is 4. The summed E-state index contributed by atoms with van der Waals surface area (Å²) in [6.07, 6.45) is 2.27. The summed E-state index contributed by atoms with van der Waals surface area (Å²) in [6, 6.07) is 0. The van der Waals surface area contributed by atoms with Crippen LogP contribution in [0.15, 0.2) is 0 Å². The van der Waals surface area contributed by atoms with E-state index in [-0.39, 0.29) is 5.91 Å². The minimum absolute atomic E-state index is 0.118. The second-order valence-electron chi connectivity index (χ2n) is 5.09. The van der Waals surface area contributed by atoms with Crippen LogP contribution >= 0.6 is 0 Å². The molecule has 18 heavy (non-hydrogen) atoms. The Hall–Kier alpha value is -1.43. The first-order valence-electron chi connectivity index (χ1n) is 6.64. The maximum Gasteiger partial charge on any atom is 0.219 e. The molecule has 6 heteroatoms. The predicted octanol–water partition coefficient (Wildman–Crippen LogP) is 0.107. The number of hydrogen-bond donors (Lipinski definition) is 1. The summed E-state index contributed by atoms with van der Waals surface area (Å²) < 4.78 is 2.22. The topological polar surface area (TPSA) is 63.1 Å². The molecule has 0 aliphatic carbocycles. The number of rotatable bonds is 1. The third-order valence-electron chi connectivity index (χ3n) is 3.93. The van der Waals surface area contributed by atoms with Gasteiger partial charge in [-0.15, -0.1) is 10.2 Å². The summed E-state index contributed by atoms with van der Waals surface area (Å²) >= 11 is 0. The minimum Gasteiger partial charge on any atom is -0.334 e. The number of piperidine rings is 1. The van der Waals surface area contributed by atoms with Crippen molar-refractivity contribution in [2.75, 3.05) is 19.6 Å². The molecule has 98 valence electrons. The van der Waals surface area contributed by atoms with Crippen LogP contribution in [0.1, 0.15) is 37.3 Å². The Morgan fingerprint density at radius 2 is 2.06 bits per heavy atom. The van der Waals surface area contributed by atoms with E-state index in [1.54, 1.807) is 6.92 Å². The number of carbonyl (C=O) groups is 1. The first-order valence-corrected chi connectivity index (χ1v) is 6.64. The van der Waals surface area contributed by atoms with Crippen LogP contribution in [-0.4, -0.2) is 45.2 Å². The maximum atomic E-state index is 11.4. The van der Waals surface area contributed by atoms with Crippen molar-refractivity contribution in [1.82, 2.24) is 25.0 Å². The van der Waals surface area contributed by atoms with Crippen LogP contribution in [0.2, 0.25) is 0 Å². The van der Waals surface area contributed by atoms with E-state index in [1.165, 1.54) is 0 Å². The van der Waals surface area contributed by atoms with E-state index in [4.69, 9.17) is 0 Å². The van der Waals surface area contributed by atoms with Crippen molar-refractivity contribution in [3.63, 3.8) is 0 Å². The van der Waals surface area contributed by atoms with Gasteiger partial charge in [0.2, 0.25) is 5.91 Å². The number of nitrogens with zero attached hydrogens (tertiary/aromatic N) is 4. The van der Waals surface area contributed by atoms with E-state index >= 15 is 0 Å². The maximum absolute atomic E-state index is 11.4. The summed E-state index contributed by atoms with van der Waals surface area (Å²) in [4.78, 5) is 13.2. The molecule has 1 aromatic heterocycles. The Balaban J connectivity index is 1.81. The van der Waals surface area contributed by atoms with Gasteiger partial charge in [-0.2, -0.15) is 0 Å². The minimum atomic E-state index is 0.118. The molecule has 0 saturated carbocycles. The summed E-state index contributed by atoms with van der Waals surface area (Å²) in [5.41, 5.74) is 0. The van der Waals surface area contributed by atoms with Crippen LogP contribution in [-0.2, 0) is 17.9 Å². The van der Waals surface area contributed by atoms with Gasteiger partial charge in [0.1, 0.15) is 5.82 Å². The van der Waals surface area contributed by atoms with Crippen LogP contribution in [0.4, 0.5) is 0 Å². The molecule has 6 nitrogen and oxygen atoms in total. The molecule has 1 saturated heterocycles. The molecule has 3 rings (SSSR count). The van der Waals surface area contributed by atoms with Crippen LogP contribution in [0.5, 0.6) is 0 Å². The van der Waals surface area contributed by atoms with E-state index < -0.39 is 0 Å². The highest BCUT2D eigenvalue weighted by Gasteiger charge is 2.27. The van der Waals surface area contributed by atoms with Gasteiger partial charge < -0.3 is 14.8 Å². The molecule has 0 spiro atoms. The fraction of sp³-hybridized carbons (Fsp3) is 0.750. The Kier molecular flexibility index (Phi) is 3.03. The van der Waals surface area contributed by atoms with Gasteiger partial charge in [-0.3, -0.25) is 4.79 Å². The summed E-state index contributed by atoms with van der Waals surface area (Å²) in [5, 5.41) is 12.0. The van der Waals surface area contributed by atoms with E-state index in [0.717, 1.165) is 50.7 Å². The lowest BCUT2D eigenvalue weighted by molar-refractivity contribution is -0.130. The summed E-state index contributed by atoms with van der Waals surface area (Å²) in [7, 11) is 0. The zero-order valence-electron chi connectivity index (χ0n) is 10.7. The standard InChI is InChI=1S/C12H19N5O/c1-9(18)16-6-7-17-11(8-16)14-15-12(17)10-2-4-13-5-3-10/h10,13H,2-8H2,1H3. The number of fused-ring (bicyclic) bond motifs is 1. The fourth-order valence-electron chi connectivity index (χ4n) is 2.83. The van der Waals surface area contributed by atoms with Crippen molar-refractivity contribution in [2.45, 2.75) is 38.8 Å². The molecule has 1 N–H and O–H groups in total. The van der Waals surface area contributed by atoms with Crippen LogP contribution in [0.25, 0.3) is 0 Å². The Morgan fingerprint density at radius 3 is 2.78 bits per heavy atom. The summed E-state index contributed by atoms with van der Waals surface area (Å²) in [6.45, 7) is 5.95. The average molecular weight is 249 g/mol. The smallest absolute Gasteiger partial charge is 0.219 e. The van der Waals surface area contributed by atoms with Gasteiger partial charge in [-0.25, -0.2) is 0 Å². The molecule has 2 aliphatic heterocycles. The Bertz CT molecular complexity index is 449. The first kappa shape index (κ1) is 11.6. The Morgan fingerprint density at radius 1 is 1.28 bits per heavy atom. The zero-order valence-corrected chi connectivity index (χ0v) is 10.7. The average Bonchev–Trinajstić information content (AvgIpc) is 2.82. The largest absolute Gasteiger partial charge is 0.334 e. The first-order chi connectivity index (χ1) is 8.75. The van der Waals surface area contributed by atoms with E-state index in [1.807, 2.05) is 4.90 Å². The molecular formula is C12H19N5O. The quantitative estimate of drug-likeness (QED) is 0.767. The van der Waals surface area contributed by atoms with Crippen molar-refractivity contribution >= 4 is 5.91 Å².